The van der Waals surface area contributed by atoms with Crippen molar-refractivity contribution in [2.45, 2.75) is 36.7 Å². The van der Waals surface area contributed by atoms with Crippen molar-refractivity contribution in [2.24, 2.45) is 17.8 Å². The minimum absolute atomic E-state index is 0.00958. The van der Waals surface area contributed by atoms with Crippen LogP contribution in [-0.4, -0.2) is 41.6 Å². The van der Waals surface area contributed by atoms with Crippen LogP contribution in [0.15, 0.2) is 12.2 Å². The van der Waals surface area contributed by atoms with Gasteiger partial charge in [-0.25, -0.2) is 0 Å². The van der Waals surface area contributed by atoms with Gasteiger partial charge in [0.05, 0.1) is 5.92 Å². The van der Waals surface area contributed by atoms with Crippen LogP contribution in [0.3, 0.4) is 0 Å². The van der Waals surface area contributed by atoms with Crippen LogP contribution in [0, 0.1) is 17.8 Å². The van der Waals surface area contributed by atoms with Crippen LogP contribution in [0.1, 0.15) is 12.8 Å². The minimum Gasteiger partial charge on any atom is -0.459 e. The molecule has 0 aromatic heterocycles. The number of rotatable bonds is 4. The molecule has 0 saturated heterocycles. The Morgan fingerprint density at radius 2 is 1.54 bits per heavy atom. The molecule has 2 bridgehead atoms. The van der Waals surface area contributed by atoms with Gasteiger partial charge < -0.3 is 9.84 Å². The Bertz CT molecular complexity index is 522. The molecule has 0 aliphatic heterocycles. The SMILES string of the molecule is O=C(OCC(F)(F)C(O)(C(F)(F)F)C(F)(F)F)C1CC2C=CC1C2. The van der Waals surface area contributed by atoms with Crippen molar-refractivity contribution in [1.29, 1.82) is 0 Å². The molecule has 2 aliphatic carbocycles. The highest BCUT2D eigenvalue weighted by Gasteiger charge is 2.82. The third-order valence-corrected chi connectivity index (χ3v) is 4.33. The Balaban J connectivity index is 2.11. The summed E-state index contributed by atoms with van der Waals surface area (Å²) >= 11 is 0. The van der Waals surface area contributed by atoms with Gasteiger partial charge in [-0.15, -0.1) is 0 Å². The average molecular weight is 368 g/mol. The normalized spacial score (nSPS) is 27.6. The molecule has 1 N–H and O–H groups in total. The third-order valence-electron chi connectivity index (χ3n) is 4.33. The maximum absolute atomic E-state index is 13.5. The average Bonchev–Trinajstić information content (AvgIpc) is 3.03. The van der Waals surface area contributed by atoms with Gasteiger partial charge in [-0.3, -0.25) is 4.79 Å². The largest absolute Gasteiger partial charge is 0.459 e. The van der Waals surface area contributed by atoms with E-state index in [2.05, 4.69) is 4.74 Å². The van der Waals surface area contributed by atoms with Crippen molar-refractivity contribution in [2.75, 3.05) is 6.61 Å². The first-order valence-corrected chi connectivity index (χ1v) is 6.79. The molecule has 1 fully saturated rings. The van der Waals surface area contributed by atoms with Crippen molar-refractivity contribution in [1.82, 2.24) is 0 Å². The second-order valence-corrected chi connectivity index (χ2v) is 5.90. The van der Waals surface area contributed by atoms with Gasteiger partial charge in [0.1, 0.15) is 0 Å². The summed E-state index contributed by atoms with van der Waals surface area (Å²) in [6.07, 6.45) is -9.23. The van der Waals surface area contributed by atoms with Gasteiger partial charge in [-0.2, -0.15) is 35.1 Å². The summed E-state index contributed by atoms with van der Waals surface area (Å²) in [6, 6.07) is 0. The van der Waals surface area contributed by atoms with Crippen molar-refractivity contribution in [3.8, 4) is 0 Å². The zero-order chi connectivity index (χ0) is 18.6. The van der Waals surface area contributed by atoms with Gasteiger partial charge in [0.25, 0.3) is 0 Å². The van der Waals surface area contributed by atoms with Crippen LogP contribution >= 0.6 is 0 Å². The fourth-order valence-electron chi connectivity index (χ4n) is 3.00. The van der Waals surface area contributed by atoms with E-state index in [0.717, 1.165) is 0 Å². The highest BCUT2D eigenvalue weighted by Crippen LogP contribution is 2.52. The molecule has 2 rings (SSSR count). The second kappa shape index (κ2) is 5.57. The minimum atomic E-state index is -6.71. The Kier molecular flexibility index (Phi) is 4.39. The maximum Gasteiger partial charge on any atom is 0.432 e. The number of carbonyl (C=O) groups is 1. The lowest BCUT2D eigenvalue weighted by Crippen LogP contribution is -2.69. The molecule has 3 nitrogen and oxygen atoms in total. The molecule has 138 valence electrons. The molecule has 1 saturated carbocycles. The Morgan fingerprint density at radius 1 is 1.00 bits per heavy atom. The lowest BCUT2D eigenvalue weighted by Gasteiger charge is -2.37. The van der Waals surface area contributed by atoms with Gasteiger partial charge in [-0.05, 0) is 24.7 Å². The van der Waals surface area contributed by atoms with E-state index < -0.39 is 42.4 Å². The van der Waals surface area contributed by atoms with Crippen molar-refractivity contribution in [3.05, 3.63) is 12.2 Å². The predicted molar refractivity (Wildman–Crippen MR) is 61.8 cm³/mol. The molecule has 0 aromatic rings. The second-order valence-electron chi connectivity index (χ2n) is 5.90. The number of hydrogen-bond acceptors (Lipinski definition) is 3. The van der Waals surface area contributed by atoms with E-state index in [0.29, 0.717) is 6.42 Å². The first kappa shape index (κ1) is 18.9. The zero-order valence-corrected chi connectivity index (χ0v) is 11.8. The summed E-state index contributed by atoms with van der Waals surface area (Å²) in [6.45, 7) is -2.53. The molecule has 2 aliphatic rings. The van der Waals surface area contributed by atoms with Gasteiger partial charge >= 0.3 is 29.8 Å². The van der Waals surface area contributed by atoms with Crippen LogP contribution in [0.5, 0.6) is 0 Å². The lowest BCUT2D eigenvalue weighted by atomic mass is 9.93. The quantitative estimate of drug-likeness (QED) is 0.471. The number of fused-ring (bicyclic) bond motifs is 2. The topological polar surface area (TPSA) is 46.5 Å². The van der Waals surface area contributed by atoms with E-state index in [4.69, 9.17) is 5.11 Å². The fourth-order valence-corrected chi connectivity index (χ4v) is 3.00. The van der Waals surface area contributed by atoms with E-state index >= 15 is 0 Å². The molecule has 0 heterocycles. The number of alkyl halides is 8. The number of esters is 1. The molecule has 3 unspecified atom stereocenters. The molecular formula is C13H12F8O3. The van der Waals surface area contributed by atoms with E-state index in [1.54, 1.807) is 12.2 Å². The van der Waals surface area contributed by atoms with Crippen LogP contribution in [0.4, 0.5) is 35.1 Å². The summed E-state index contributed by atoms with van der Waals surface area (Å²) in [5, 5.41) is 8.69. The first-order valence-electron chi connectivity index (χ1n) is 6.79. The maximum atomic E-state index is 13.5. The molecule has 24 heavy (non-hydrogen) atoms. The van der Waals surface area contributed by atoms with E-state index in [1.165, 1.54) is 0 Å². The Hall–Kier alpha value is -1.39. The highest BCUT2D eigenvalue weighted by atomic mass is 19.4. The van der Waals surface area contributed by atoms with Gasteiger partial charge in [0, 0.05) is 0 Å². The molecule has 0 radical (unpaired) electrons. The highest BCUT2D eigenvalue weighted by molar-refractivity contribution is 5.74. The molecule has 0 amide bonds. The van der Waals surface area contributed by atoms with E-state index in [-0.39, 0.29) is 18.3 Å². The number of hydrogen-bond donors (Lipinski definition) is 1. The van der Waals surface area contributed by atoms with E-state index in [1.807, 2.05) is 0 Å². The number of carbonyl (C=O) groups excluding carboxylic acids is 1. The summed E-state index contributed by atoms with van der Waals surface area (Å²) < 4.78 is 106. The molecular weight excluding hydrogens is 356 g/mol. The molecule has 0 spiro atoms. The van der Waals surface area contributed by atoms with Crippen molar-refractivity contribution in [3.63, 3.8) is 0 Å². The van der Waals surface area contributed by atoms with E-state index in [9.17, 15) is 39.9 Å². The van der Waals surface area contributed by atoms with Crippen molar-refractivity contribution < 1.29 is 49.8 Å². The monoisotopic (exact) mass is 368 g/mol. The Labute approximate surface area is 130 Å². The summed E-state index contributed by atoms with van der Waals surface area (Å²) in [5.41, 5.74) is -6.32. The van der Waals surface area contributed by atoms with Gasteiger partial charge in [0.15, 0.2) is 6.61 Å². The standard InChI is InChI=1S/C13H12F8O3/c14-10(15,11(23,12(16,17)18)13(19,20)21)5-24-9(22)8-4-6-1-2-7(8)3-6/h1-2,6-8,23H,3-5H2. The number of allylic oxidation sites excluding steroid dienone is 2. The van der Waals surface area contributed by atoms with Gasteiger partial charge in [-0.1, -0.05) is 12.2 Å². The number of aliphatic hydroxyl groups is 1. The Morgan fingerprint density at radius 3 is 1.92 bits per heavy atom. The smallest absolute Gasteiger partial charge is 0.432 e. The fraction of sp³-hybridized carbons (Fsp3) is 0.769. The van der Waals surface area contributed by atoms with Crippen LogP contribution < -0.4 is 0 Å². The van der Waals surface area contributed by atoms with Crippen LogP contribution in [0.25, 0.3) is 0 Å². The van der Waals surface area contributed by atoms with Crippen molar-refractivity contribution >= 4 is 5.97 Å². The molecule has 11 heteroatoms. The zero-order valence-electron chi connectivity index (χ0n) is 11.8. The van der Waals surface area contributed by atoms with Crippen LogP contribution in [-0.2, 0) is 9.53 Å². The molecule has 3 atom stereocenters. The first-order chi connectivity index (χ1) is 10.7. The molecule has 0 aromatic carbocycles. The van der Waals surface area contributed by atoms with Gasteiger partial charge in [0.2, 0.25) is 0 Å². The third kappa shape index (κ3) is 2.86. The number of ether oxygens (including phenoxy) is 1. The number of halogens is 8. The summed E-state index contributed by atoms with van der Waals surface area (Å²) in [7, 11) is 0. The lowest BCUT2D eigenvalue weighted by molar-refractivity contribution is -0.425. The van der Waals surface area contributed by atoms with Crippen LogP contribution in [0.2, 0.25) is 0 Å². The summed E-state index contributed by atoms with van der Waals surface area (Å²) in [4.78, 5) is 11.7. The predicted octanol–water partition coefficient (Wildman–Crippen LogP) is 3.23. The summed E-state index contributed by atoms with van der Waals surface area (Å²) in [5.74, 6) is -8.32.